The van der Waals surface area contributed by atoms with E-state index in [9.17, 15) is 13.6 Å². The summed E-state index contributed by atoms with van der Waals surface area (Å²) in [6.07, 6.45) is 3.34. The number of urea groups is 1. The maximum absolute atomic E-state index is 13.4. The lowest BCUT2D eigenvalue weighted by molar-refractivity contribution is 0.212. The number of nitrogens with one attached hydrogen (secondary N) is 2. The third-order valence-electron chi connectivity index (χ3n) is 3.43. The van der Waals surface area contributed by atoms with Crippen molar-refractivity contribution >= 4 is 11.7 Å². The summed E-state index contributed by atoms with van der Waals surface area (Å²) in [5.74, 6) is -1.44. The molecule has 0 radical (unpaired) electrons. The Hall–Kier alpha value is -1.69. The van der Waals surface area contributed by atoms with Crippen molar-refractivity contribution in [1.29, 1.82) is 0 Å². The Balaban J connectivity index is 1.89. The van der Waals surface area contributed by atoms with Gasteiger partial charge in [-0.05, 0) is 31.5 Å². The van der Waals surface area contributed by atoms with Gasteiger partial charge in [0.1, 0.15) is 11.6 Å². The Morgan fingerprint density at radius 1 is 1.45 bits per heavy atom. The third-order valence-corrected chi connectivity index (χ3v) is 3.43. The molecule has 110 valence electrons. The van der Waals surface area contributed by atoms with Gasteiger partial charge in [0.15, 0.2) is 0 Å². The molecule has 0 saturated carbocycles. The topological polar surface area (TPSA) is 44.4 Å². The molecule has 1 aromatic rings. The van der Waals surface area contributed by atoms with Crippen LogP contribution in [-0.2, 0) is 0 Å². The molecule has 1 unspecified atom stereocenters. The van der Waals surface area contributed by atoms with Crippen LogP contribution in [0.3, 0.4) is 0 Å². The molecule has 1 fully saturated rings. The number of nitrogens with zero attached hydrogens (tertiary/aromatic N) is 1. The van der Waals surface area contributed by atoms with Gasteiger partial charge in [0.25, 0.3) is 0 Å². The zero-order valence-corrected chi connectivity index (χ0v) is 11.5. The Kier molecular flexibility index (Phi) is 4.89. The minimum atomic E-state index is -0.775. The number of anilines is 1. The van der Waals surface area contributed by atoms with Crippen molar-refractivity contribution in [3.8, 4) is 0 Å². The molecule has 0 spiro atoms. The molecule has 2 N–H and O–H groups in total. The van der Waals surface area contributed by atoms with Crippen molar-refractivity contribution in [1.82, 2.24) is 10.2 Å². The monoisotopic (exact) mass is 283 g/mol. The highest BCUT2D eigenvalue weighted by molar-refractivity contribution is 5.89. The molecule has 0 aliphatic carbocycles. The molecule has 1 aliphatic heterocycles. The predicted octanol–water partition coefficient (Wildman–Crippen LogP) is 2.57. The first kappa shape index (κ1) is 14.7. The maximum atomic E-state index is 13.4. The number of carbonyl (C=O) groups is 1. The van der Waals surface area contributed by atoms with Crippen LogP contribution in [0.2, 0.25) is 0 Å². The highest BCUT2D eigenvalue weighted by Crippen LogP contribution is 2.15. The quantitative estimate of drug-likeness (QED) is 0.895. The number of amides is 2. The van der Waals surface area contributed by atoms with Gasteiger partial charge in [-0.3, -0.25) is 0 Å². The lowest BCUT2D eigenvalue weighted by Crippen LogP contribution is -2.45. The van der Waals surface area contributed by atoms with Crippen LogP contribution in [0.15, 0.2) is 18.2 Å². The third kappa shape index (κ3) is 3.90. The van der Waals surface area contributed by atoms with E-state index in [1.165, 1.54) is 11.0 Å². The summed E-state index contributed by atoms with van der Waals surface area (Å²) < 4.78 is 26.2. The summed E-state index contributed by atoms with van der Waals surface area (Å²) in [5.41, 5.74) is -0.0140. The van der Waals surface area contributed by atoms with E-state index < -0.39 is 17.7 Å². The van der Waals surface area contributed by atoms with Gasteiger partial charge in [-0.25, -0.2) is 13.6 Å². The summed E-state index contributed by atoms with van der Waals surface area (Å²) in [6, 6.07) is 2.95. The maximum Gasteiger partial charge on any atom is 0.321 e. The van der Waals surface area contributed by atoms with Crippen molar-refractivity contribution < 1.29 is 13.6 Å². The van der Waals surface area contributed by atoms with Crippen LogP contribution in [0.25, 0.3) is 0 Å². The molecule has 2 amide bonds. The van der Waals surface area contributed by atoms with Gasteiger partial charge in [-0.1, -0.05) is 6.42 Å². The van der Waals surface area contributed by atoms with E-state index >= 15 is 0 Å². The van der Waals surface area contributed by atoms with Gasteiger partial charge in [0, 0.05) is 25.7 Å². The molecule has 1 aromatic carbocycles. The van der Waals surface area contributed by atoms with Crippen LogP contribution in [0.1, 0.15) is 19.3 Å². The number of piperidine rings is 1. The molecule has 1 aliphatic rings. The number of benzene rings is 1. The van der Waals surface area contributed by atoms with Crippen LogP contribution < -0.4 is 10.6 Å². The second-order valence-corrected chi connectivity index (χ2v) is 5.08. The number of rotatable bonds is 3. The van der Waals surface area contributed by atoms with Crippen LogP contribution in [0, 0.1) is 11.6 Å². The van der Waals surface area contributed by atoms with Crippen molar-refractivity contribution in [2.45, 2.75) is 25.3 Å². The number of hydrogen-bond donors (Lipinski definition) is 2. The Morgan fingerprint density at radius 3 is 2.90 bits per heavy atom. The standard InChI is InChI=1S/C14H19F2N3O/c1-19(9-11-4-2-3-7-17-11)14(20)18-13-6-5-10(15)8-12(13)16/h5-6,8,11,17H,2-4,7,9H2,1H3,(H,18,20). The van der Waals surface area contributed by atoms with Gasteiger partial charge >= 0.3 is 6.03 Å². The molecule has 0 bridgehead atoms. The fourth-order valence-electron chi connectivity index (χ4n) is 2.29. The first-order valence-electron chi connectivity index (χ1n) is 6.77. The first-order valence-corrected chi connectivity index (χ1v) is 6.77. The average molecular weight is 283 g/mol. The SMILES string of the molecule is CN(CC1CCCCN1)C(=O)Nc1ccc(F)cc1F. The van der Waals surface area contributed by atoms with Gasteiger partial charge in [-0.2, -0.15) is 0 Å². The van der Waals surface area contributed by atoms with Gasteiger partial charge < -0.3 is 15.5 Å². The first-order chi connectivity index (χ1) is 9.56. The lowest BCUT2D eigenvalue weighted by Gasteiger charge is -2.28. The summed E-state index contributed by atoms with van der Waals surface area (Å²) in [5, 5.41) is 5.79. The highest BCUT2D eigenvalue weighted by atomic mass is 19.1. The Labute approximate surface area is 117 Å². The van der Waals surface area contributed by atoms with Crippen LogP contribution >= 0.6 is 0 Å². The van der Waals surface area contributed by atoms with Gasteiger partial charge in [0.05, 0.1) is 5.69 Å². The molecular formula is C14H19F2N3O. The lowest BCUT2D eigenvalue weighted by atomic mass is 10.0. The molecule has 1 atom stereocenters. The minimum Gasteiger partial charge on any atom is -0.326 e. The molecule has 6 heteroatoms. The highest BCUT2D eigenvalue weighted by Gasteiger charge is 2.18. The van der Waals surface area contributed by atoms with Crippen molar-refractivity contribution in [3.63, 3.8) is 0 Å². The van der Waals surface area contributed by atoms with Gasteiger partial charge in [0.2, 0.25) is 0 Å². The number of carbonyl (C=O) groups excluding carboxylic acids is 1. The van der Waals surface area contributed by atoms with E-state index in [1.807, 2.05) is 0 Å². The van der Waals surface area contributed by atoms with E-state index in [4.69, 9.17) is 0 Å². The zero-order chi connectivity index (χ0) is 14.5. The van der Waals surface area contributed by atoms with Crippen molar-refractivity contribution in [2.24, 2.45) is 0 Å². The Bertz CT molecular complexity index is 475. The predicted molar refractivity (Wildman–Crippen MR) is 73.6 cm³/mol. The Morgan fingerprint density at radius 2 is 2.25 bits per heavy atom. The molecule has 0 aromatic heterocycles. The fraction of sp³-hybridized carbons (Fsp3) is 0.500. The second-order valence-electron chi connectivity index (χ2n) is 5.08. The molecule has 4 nitrogen and oxygen atoms in total. The minimum absolute atomic E-state index is 0.0140. The average Bonchev–Trinajstić information content (AvgIpc) is 2.43. The van der Waals surface area contributed by atoms with E-state index in [2.05, 4.69) is 10.6 Å². The molecule has 20 heavy (non-hydrogen) atoms. The van der Waals surface area contributed by atoms with Crippen LogP contribution in [0.5, 0.6) is 0 Å². The number of halogens is 2. The van der Waals surface area contributed by atoms with Crippen LogP contribution in [0.4, 0.5) is 19.3 Å². The second kappa shape index (κ2) is 6.65. The molecule has 1 heterocycles. The van der Waals surface area contributed by atoms with E-state index in [0.29, 0.717) is 6.54 Å². The normalized spacial score (nSPS) is 18.6. The smallest absolute Gasteiger partial charge is 0.321 e. The summed E-state index contributed by atoms with van der Waals surface area (Å²) in [7, 11) is 1.66. The molecular weight excluding hydrogens is 264 g/mol. The van der Waals surface area contributed by atoms with Crippen LogP contribution in [-0.4, -0.2) is 37.1 Å². The fourth-order valence-corrected chi connectivity index (χ4v) is 2.29. The molecule has 1 saturated heterocycles. The van der Waals surface area contributed by atoms with Crippen molar-refractivity contribution in [2.75, 3.05) is 25.5 Å². The number of hydrogen-bond acceptors (Lipinski definition) is 2. The van der Waals surface area contributed by atoms with Gasteiger partial charge in [-0.15, -0.1) is 0 Å². The molecule has 2 rings (SSSR count). The summed E-state index contributed by atoms with van der Waals surface area (Å²) in [4.78, 5) is 13.5. The van der Waals surface area contributed by atoms with E-state index in [0.717, 1.165) is 37.9 Å². The number of likely N-dealkylation sites (N-methyl/N-ethyl adjacent to an activating group) is 1. The summed E-state index contributed by atoms with van der Waals surface area (Å²) >= 11 is 0. The van der Waals surface area contributed by atoms with Crippen molar-refractivity contribution in [3.05, 3.63) is 29.8 Å². The van der Waals surface area contributed by atoms with E-state index in [-0.39, 0.29) is 11.7 Å². The van der Waals surface area contributed by atoms with E-state index in [1.54, 1.807) is 7.05 Å². The zero-order valence-electron chi connectivity index (χ0n) is 11.5. The summed E-state index contributed by atoms with van der Waals surface area (Å²) in [6.45, 7) is 1.53. The largest absolute Gasteiger partial charge is 0.326 e.